The molecule has 0 saturated heterocycles. The van der Waals surface area contributed by atoms with Crippen LogP contribution in [0.5, 0.6) is 0 Å². The van der Waals surface area contributed by atoms with E-state index in [1.165, 1.54) is 10.1 Å². The van der Waals surface area contributed by atoms with Crippen molar-refractivity contribution >= 4 is 27.4 Å². The molecule has 0 fully saturated rings. The van der Waals surface area contributed by atoms with Gasteiger partial charge in [-0.2, -0.15) is 0 Å². The van der Waals surface area contributed by atoms with Crippen molar-refractivity contribution in [1.82, 2.24) is 15.5 Å². The zero-order chi connectivity index (χ0) is 18.1. The van der Waals surface area contributed by atoms with Gasteiger partial charge < -0.3 is 20.6 Å². The Labute approximate surface area is 154 Å². The molecule has 25 heavy (non-hydrogen) atoms. The summed E-state index contributed by atoms with van der Waals surface area (Å²) < 4.78 is 1.20. The first-order valence-electron chi connectivity index (χ1n) is 9.09. The predicted molar refractivity (Wildman–Crippen MR) is 109 cm³/mol. The van der Waals surface area contributed by atoms with Crippen LogP contribution in [0.4, 0.5) is 0 Å². The van der Waals surface area contributed by atoms with Gasteiger partial charge in [0.05, 0.1) is 6.54 Å². The fourth-order valence-electron chi connectivity index (χ4n) is 2.65. The van der Waals surface area contributed by atoms with Gasteiger partial charge in [0.2, 0.25) is 0 Å². The highest BCUT2D eigenvalue weighted by Crippen LogP contribution is 2.29. The minimum absolute atomic E-state index is 0.355. The van der Waals surface area contributed by atoms with Crippen LogP contribution in [0, 0.1) is 0 Å². The average Bonchev–Trinajstić information content (AvgIpc) is 3.07. The Morgan fingerprint density at radius 3 is 2.64 bits per heavy atom. The second-order valence-corrected chi connectivity index (χ2v) is 6.99. The first kappa shape index (κ1) is 19.7. The van der Waals surface area contributed by atoms with Gasteiger partial charge in [-0.25, -0.2) is 0 Å². The third kappa shape index (κ3) is 5.99. The van der Waals surface area contributed by atoms with Gasteiger partial charge in [-0.1, -0.05) is 32.0 Å². The predicted octanol–water partition coefficient (Wildman–Crippen LogP) is 2.83. The Morgan fingerprint density at radius 2 is 1.96 bits per heavy atom. The number of fused-ring (bicyclic) bond motifs is 1. The molecule has 5 nitrogen and oxygen atoms in total. The van der Waals surface area contributed by atoms with Crippen molar-refractivity contribution in [2.24, 2.45) is 4.99 Å². The van der Waals surface area contributed by atoms with Gasteiger partial charge in [-0.3, -0.25) is 4.99 Å². The number of aliphatic hydroxyl groups excluding tert-OH is 1. The highest BCUT2D eigenvalue weighted by atomic mass is 32.1. The maximum Gasteiger partial charge on any atom is 0.191 e. The second-order valence-electron chi connectivity index (χ2n) is 5.88. The summed E-state index contributed by atoms with van der Waals surface area (Å²) in [6.07, 6.45) is -0.573. The number of nitrogens with zero attached hydrogens (tertiary/aromatic N) is 2. The van der Waals surface area contributed by atoms with E-state index in [9.17, 15) is 5.11 Å². The van der Waals surface area contributed by atoms with Crippen LogP contribution < -0.4 is 10.6 Å². The number of aliphatic imine (C=N–C) groups is 1. The Balaban J connectivity index is 1.92. The molecule has 138 valence electrons. The summed E-state index contributed by atoms with van der Waals surface area (Å²) in [6.45, 7) is 11.5. The van der Waals surface area contributed by atoms with Gasteiger partial charge in [0.1, 0.15) is 6.10 Å². The Morgan fingerprint density at radius 1 is 1.20 bits per heavy atom. The van der Waals surface area contributed by atoms with E-state index in [-0.39, 0.29) is 0 Å². The van der Waals surface area contributed by atoms with Crippen molar-refractivity contribution in [3.63, 3.8) is 0 Å². The van der Waals surface area contributed by atoms with Gasteiger partial charge in [0, 0.05) is 29.2 Å². The Kier molecular flexibility index (Phi) is 8.18. The van der Waals surface area contributed by atoms with Crippen molar-refractivity contribution in [1.29, 1.82) is 0 Å². The summed E-state index contributed by atoms with van der Waals surface area (Å²) in [5, 5.41) is 18.2. The number of benzene rings is 1. The molecule has 2 rings (SSSR count). The molecular formula is C19H30N4OS. The maximum atomic E-state index is 10.5. The van der Waals surface area contributed by atoms with Crippen molar-refractivity contribution in [2.45, 2.75) is 26.9 Å². The first-order chi connectivity index (χ1) is 12.2. The van der Waals surface area contributed by atoms with Crippen LogP contribution in [0.3, 0.4) is 0 Å². The molecule has 1 atom stereocenters. The topological polar surface area (TPSA) is 59.9 Å². The maximum absolute atomic E-state index is 10.5. The van der Waals surface area contributed by atoms with Gasteiger partial charge in [0.25, 0.3) is 0 Å². The van der Waals surface area contributed by atoms with Crippen molar-refractivity contribution in [3.8, 4) is 0 Å². The molecule has 0 aliphatic heterocycles. The first-order valence-corrected chi connectivity index (χ1v) is 9.90. The molecule has 3 N–H and O–H groups in total. The lowest BCUT2D eigenvalue weighted by Gasteiger charge is -2.19. The fraction of sp³-hybridized carbons (Fsp3) is 0.526. The molecule has 6 heteroatoms. The van der Waals surface area contributed by atoms with Gasteiger partial charge in [0.15, 0.2) is 5.96 Å². The minimum Gasteiger partial charge on any atom is -0.386 e. The zero-order valence-electron chi connectivity index (χ0n) is 15.5. The average molecular weight is 363 g/mol. The van der Waals surface area contributed by atoms with E-state index in [2.05, 4.69) is 52.6 Å². The Bertz CT molecular complexity index is 633. The van der Waals surface area contributed by atoms with Crippen molar-refractivity contribution in [2.75, 3.05) is 39.3 Å². The standard InChI is InChI=1S/C19H30N4OS/c1-4-20-19(21-11-12-23(5-2)6-3)22-14-16(24)18-13-15-9-7-8-10-17(15)25-18/h7-10,13,16,24H,4-6,11-12,14H2,1-3H3,(H2,20,21,22). The zero-order valence-corrected chi connectivity index (χ0v) is 16.3. The molecule has 0 aliphatic carbocycles. The SMILES string of the molecule is CCNC(=NCC(O)c1cc2ccccc2s1)NCCN(CC)CC. The van der Waals surface area contributed by atoms with Gasteiger partial charge >= 0.3 is 0 Å². The third-order valence-corrected chi connectivity index (χ3v) is 5.37. The highest BCUT2D eigenvalue weighted by Gasteiger charge is 2.11. The van der Waals surface area contributed by atoms with Crippen LogP contribution in [-0.4, -0.2) is 55.2 Å². The molecule has 0 spiro atoms. The second kappa shape index (κ2) is 10.4. The number of hydrogen-bond donors (Lipinski definition) is 3. The number of guanidine groups is 1. The summed E-state index contributed by atoms with van der Waals surface area (Å²) in [6, 6.07) is 10.3. The number of aliphatic hydroxyl groups is 1. The molecule has 0 aliphatic rings. The van der Waals surface area contributed by atoms with Gasteiger partial charge in [-0.15, -0.1) is 11.3 Å². The quantitative estimate of drug-likeness (QED) is 0.474. The Hall–Kier alpha value is -1.63. The number of rotatable bonds is 9. The van der Waals surface area contributed by atoms with Crippen LogP contribution in [0.2, 0.25) is 0 Å². The number of thiophene rings is 1. The molecule has 0 saturated carbocycles. The molecule has 0 radical (unpaired) electrons. The van der Waals surface area contributed by atoms with Crippen molar-refractivity contribution in [3.05, 3.63) is 35.2 Å². The molecule has 1 unspecified atom stereocenters. The normalized spacial score (nSPS) is 13.4. The van der Waals surface area contributed by atoms with Gasteiger partial charge in [-0.05, 0) is 37.5 Å². The van der Waals surface area contributed by atoms with E-state index in [0.717, 1.165) is 43.6 Å². The smallest absolute Gasteiger partial charge is 0.191 e. The fourth-order valence-corrected chi connectivity index (χ4v) is 3.69. The molecular weight excluding hydrogens is 332 g/mol. The lowest BCUT2D eigenvalue weighted by Crippen LogP contribution is -2.41. The van der Waals surface area contributed by atoms with Crippen LogP contribution in [0.15, 0.2) is 35.3 Å². The molecule has 1 heterocycles. The highest BCUT2D eigenvalue weighted by molar-refractivity contribution is 7.19. The molecule has 0 amide bonds. The molecule has 1 aromatic heterocycles. The van der Waals surface area contributed by atoms with E-state index in [1.807, 2.05) is 19.1 Å². The largest absolute Gasteiger partial charge is 0.386 e. The summed E-state index contributed by atoms with van der Waals surface area (Å²) >= 11 is 1.63. The molecule has 1 aromatic carbocycles. The monoisotopic (exact) mass is 362 g/mol. The van der Waals surface area contributed by atoms with Crippen LogP contribution in [0.1, 0.15) is 31.8 Å². The third-order valence-electron chi connectivity index (χ3n) is 4.15. The molecule has 2 aromatic rings. The minimum atomic E-state index is -0.573. The van der Waals surface area contributed by atoms with E-state index >= 15 is 0 Å². The van der Waals surface area contributed by atoms with E-state index in [4.69, 9.17) is 0 Å². The van der Waals surface area contributed by atoms with Crippen LogP contribution >= 0.6 is 11.3 Å². The van der Waals surface area contributed by atoms with Crippen LogP contribution in [-0.2, 0) is 0 Å². The van der Waals surface area contributed by atoms with E-state index < -0.39 is 6.10 Å². The molecule has 0 bridgehead atoms. The summed E-state index contributed by atoms with van der Waals surface area (Å²) in [7, 11) is 0. The lowest BCUT2D eigenvalue weighted by atomic mass is 10.2. The van der Waals surface area contributed by atoms with Crippen molar-refractivity contribution < 1.29 is 5.11 Å². The number of hydrogen-bond acceptors (Lipinski definition) is 4. The summed E-state index contributed by atoms with van der Waals surface area (Å²) in [5.41, 5.74) is 0. The van der Waals surface area contributed by atoms with E-state index in [1.54, 1.807) is 11.3 Å². The number of nitrogens with one attached hydrogen (secondary N) is 2. The van der Waals surface area contributed by atoms with Crippen LogP contribution in [0.25, 0.3) is 10.1 Å². The summed E-state index contributed by atoms with van der Waals surface area (Å²) in [5.74, 6) is 0.759. The van der Waals surface area contributed by atoms with E-state index in [0.29, 0.717) is 6.54 Å². The lowest BCUT2D eigenvalue weighted by molar-refractivity contribution is 0.191. The summed E-state index contributed by atoms with van der Waals surface area (Å²) in [4.78, 5) is 7.87. The number of likely N-dealkylation sites (N-methyl/N-ethyl adjacent to an activating group) is 1.